The molecule has 1 unspecified atom stereocenters. The largest absolute Gasteiger partial charge is 0.481 e. The van der Waals surface area contributed by atoms with Crippen molar-refractivity contribution in [2.24, 2.45) is 0 Å². The molecule has 0 spiro atoms. The molecular weight excluding hydrogens is 354 g/mol. The molecule has 3 N–H and O–H groups in total. The zero-order chi connectivity index (χ0) is 20.6. The van der Waals surface area contributed by atoms with Crippen molar-refractivity contribution in [3.8, 4) is 0 Å². The van der Waals surface area contributed by atoms with Crippen LogP contribution in [0.4, 0.5) is 0 Å². The van der Waals surface area contributed by atoms with Crippen LogP contribution in [0.15, 0.2) is 34.9 Å². The lowest BCUT2D eigenvalue weighted by atomic mass is 10.1. The second-order valence-electron chi connectivity index (χ2n) is 5.65. The molecular formula is C15H28O7P2. The molecule has 0 rings (SSSR count). The highest BCUT2D eigenvalue weighted by atomic mass is 31.3. The summed E-state index contributed by atoms with van der Waals surface area (Å²) in [5, 5.41) is 0. The minimum Gasteiger partial charge on any atom is -0.302 e. The van der Waals surface area contributed by atoms with E-state index in [4.69, 9.17) is 12.5 Å². The van der Waals surface area contributed by atoms with Crippen LogP contribution in [0.25, 0.3) is 0 Å². The van der Waals surface area contributed by atoms with Gasteiger partial charge in [-0.1, -0.05) is 34.9 Å². The van der Waals surface area contributed by atoms with Gasteiger partial charge in [0.25, 0.3) is 0 Å². The average Bonchev–Trinajstić information content (AvgIpc) is 2.32. The van der Waals surface area contributed by atoms with Crippen LogP contribution in [0.5, 0.6) is 0 Å². The lowest BCUT2D eigenvalue weighted by Crippen LogP contribution is -1.94. The van der Waals surface area contributed by atoms with E-state index in [2.05, 4.69) is 14.9 Å². The molecule has 0 saturated carbocycles. The van der Waals surface area contributed by atoms with E-state index in [1.165, 1.54) is 11.1 Å². The number of hydrogen-bond donors (Lipinski definition) is 3. The first kappa shape index (κ1) is 19.8. The molecule has 0 aliphatic rings. The summed E-state index contributed by atoms with van der Waals surface area (Å²) in [6.45, 7) is 5.01. The molecule has 0 aliphatic heterocycles. The first-order chi connectivity index (χ1) is 11.6. The van der Waals surface area contributed by atoms with Crippen molar-refractivity contribution in [2.75, 3.05) is 6.56 Å². The summed E-state index contributed by atoms with van der Waals surface area (Å²) >= 11 is 0. The van der Waals surface area contributed by atoms with Crippen LogP contribution in [0.1, 0.15) is 56.1 Å². The van der Waals surface area contributed by atoms with Crippen molar-refractivity contribution in [3.63, 3.8) is 0 Å². The van der Waals surface area contributed by atoms with Gasteiger partial charge in [0.05, 0.1) is 9.30 Å². The maximum Gasteiger partial charge on any atom is 0.481 e. The lowest BCUT2D eigenvalue weighted by Gasteiger charge is -2.11. The Labute approximate surface area is 146 Å². The molecule has 0 aliphatic carbocycles. The topological polar surface area (TPSA) is 113 Å². The molecule has 0 heterocycles. The molecule has 0 fully saturated rings. The molecule has 0 aromatic carbocycles. The molecule has 7 nitrogen and oxygen atoms in total. The standard InChI is InChI=1S/C15H28O7P2/c1-13(2)7-5-8-14(3)9-6-10-15(4)11-12-21-24(19,20)22-23(16,17)18/h7,9,11H,5-6,8,10,12H2,1-4H3,(H,19,20)(H2,16,17,18)/b14-9+,15-11+/i12D2. The van der Waals surface area contributed by atoms with E-state index < -0.39 is 22.2 Å². The Morgan fingerprint density at radius 1 is 0.958 bits per heavy atom. The Morgan fingerprint density at radius 2 is 1.46 bits per heavy atom. The van der Waals surface area contributed by atoms with E-state index in [9.17, 15) is 14.0 Å². The van der Waals surface area contributed by atoms with E-state index in [0.29, 0.717) is 18.4 Å². The van der Waals surface area contributed by atoms with Crippen LogP contribution >= 0.6 is 15.6 Å². The normalized spacial score (nSPS) is 17.8. The van der Waals surface area contributed by atoms with Crippen LogP contribution in [-0.2, 0) is 18.0 Å². The molecule has 24 heavy (non-hydrogen) atoms. The number of hydrogen-bond acceptors (Lipinski definition) is 4. The molecule has 140 valence electrons. The zero-order valence-corrected chi connectivity index (χ0v) is 16.2. The van der Waals surface area contributed by atoms with Crippen LogP contribution in [0.3, 0.4) is 0 Å². The molecule has 0 bridgehead atoms. The highest BCUT2D eigenvalue weighted by molar-refractivity contribution is 7.60. The van der Waals surface area contributed by atoms with Crippen molar-refractivity contribution < 1.29 is 35.4 Å². The Kier molecular flexibility index (Phi) is 9.21. The van der Waals surface area contributed by atoms with Gasteiger partial charge >= 0.3 is 15.6 Å². The van der Waals surface area contributed by atoms with Gasteiger partial charge in [-0.25, -0.2) is 9.13 Å². The molecule has 0 saturated heterocycles. The van der Waals surface area contributed by atoms with Gasteiger partial charge in [0.1, 0.15) is 0 Å². The fraction of sp³-hybridized carbons (Fsp3) is 0.600. The van der Waals surface area contributed by atoms with Gasteiger partial charge in [-0.15, -0.1) is 0 Å². The Morgan fingerprint density at radius 3 is 1.96 bits per heavy atom. The van der Waals surface area contributed by atoms with Gasteiger partial charge in [0.15, 0.2) is 0 Å². The summed E-state index contributed by atoms with van der Waals surface area (Å²) in [6.07, 6.45) is 8.23. The fourth-order valence-electron chi connectivity index (χ4n) is 1.65. The van der Waals surface area contributed by atoms with Crippen molar-refractivity contribution in [2.45, 2.75) is 53.4 Å². The van der Waals surface area contributed by atoms with E-state index in [1.807, 2.05) is 26.8 Å². The van der Waals surface area contributed by atoms with Crippen LogP contribution in [-0.4, -0.2) is 21.2 Å². The SMILES string of the molecule is [2H]C([2H])(/C=C(\C)CC/C=C(\C)CCC=C(C)C)OP(=O)(O)OP(=O)(O)O. The van der Waals surface area contributed by atoms with E-state index >= 15 is 0 Å². The first-order valence-electron chi connectivity index (χ1n) is 8.40. The van der Waals surface area contributed by atoms with Crippen molar-refractivity contribution in [3.05, 3.63) is 34.9 Å². The third-order valence-corrected chi connectivity index (χ3v) is 4.82. The smallest absolute Gasteiger partial charge is 0.302 e. The third-order valence-electron chi connectivity index (χ3n) is 2.81. The van der Waals surface area contributed by atoms with E-state index in [0.717, 1.165) is 18.9 Å². The third kappa shape index (κ3) is 15.0. The molecule has 0 aromatic rings. The molecule has 0 radical (unpaired) electrons. The second-order valence-corrected chi connectivity index (χ2v) is 8.40. The van der Waals surface area contributed by atoms with Gasteiger partial charge in [-0.3, -0.25) is 4.52 Å². The van der Waals surface area contributed by atoms with Gasteiger partial charge in [0.2, 0.25) is 0 Å². The van der Waals surface area contributed by atoms with Crippen molar-refractivity contribution in [1.82, 2.24) is 0 Å². The van der Waals surface area contributed by atoms with Gasteiger partial charge in [-0.2, -0.15) is 4.31 Å². The van der Waals surface area contributed by atoms with Gasteiger partial charge < -0.3 is 14.7 Å². The average molecular weight is 384 g/mol. The summed E-state index contributed by atoms with van der Waals surface area (Å²) in [4.78, 5) is 26.2. The Balaban J connectivity index is 4.66. The van der Waals surface area contributed by atoms with Gasteiger partial charge in [-0.05, 0) is 53.4 Å². The number of phosphoric acid groups is 2. The van der Waals surface area contributed by atoms with Crippen LogP contribution in [0, 0.1) is 0 Å². The Bertz CT molecular complexity index is 646. The highest BCUT2D eigenvalue weighted by Gasteiger charge is 2.31. The van der Waals surface area contributed by atoms with Crippen LogP contribution in [0.2, 0.25) is 0 Å². The van der Waals surface area contributed by atoms with Gasteiger partial charge in [0, 0.05) is 0 Å². The molecule has 0 aromatic heterocycles. The molecule has 1 atom stereocenters. The van der Waals surface area contributed by atoms with E-state index in [1.54, 1.807) is 6.92 Å². The number of allylic oxidation sites excluding steroid dienone is 5. The molecule has 0 amide bonds. The first-order valence-corrected chi connectivity index (χ1v) is 10.4. The lowest BCUT2D eigenvalue weighted by molar-refractivity contribution is 0.191. The quantitative estimate of drug-likeness (QED) is 0.351. The predicted octanol–water partition coefficient (Wildman–Crippen LogP) is 4.63. The Hall–Kier alpha value is -0.520. The summed E-state index contributed by atoms with van der Waals surface area (Å²) in [7, 11) is -10.5. The monoisotopic (exact) mass is 384 g/mol. The zero-order valence-electron chi connectivity index (χ0n) is 16.4. The summed E-state index contributed by atoms with van der Waals surface area (Å²) < 4.78 is 44.9. The second kappa shape index (κ2) is 11.2. The van der Waals surface area contributed by atoms with Crippen molar-refractivity contribution >= 4 is 15.6 Å². The minimum atomic E-state index is -5.29. The fourth-order valence-corrected chi connectivity index (χ4v) is 3.05. The maximum absolute atomic E-state index is 11.4. The summed E-state index contributed by atoms with van der Waals surface area (Å²) in [5.74, 6) is 0. The molecule has 9 heteroatoms. The highest BCUT2D eigenvalue weighted by Crippen LogP contribution is 2.57. The van der Waals surface area contributed by atoms with Crippen LogP contribution < -0.4 is 0 Å². The predicted molar refractivity (Wildman–Crippen MR) is 94.3 cm³/mol. The number of rotatable bonds is 11. The summed E-state index contributed by atoms with van der Waals surface area (Å²) in [6, 6.07) is 0. The van der Waals surface area contributed by atoms with Crippen molar-refractivity contribution in [1.29, 1.82) is 0 Å². The van der Waals surface area contributed by atoms with E-state index in [-0.39, 0.29) is 0 Å². The minimum absolute atomic E-state index is 0.498. The number of phosphoric ester groups is 1. The maximum atomic E-state index is 11.4. The summed E-state index contributed by atoms with van der Waals surface area (Å²) in [5.41, 5.74) is 3.03.